The molecule has 1 aromatic heterocycles. The quantitative estimate of drug-likeness (QED) is 0.770. The SMILES string of the molecule is CCOC(=O)[C@@H]1CCCN(C(=O)c2cc(C)n(-c3ccc(F)cc3)c2C)C1. The van der Waals surface area contributed by atoms with E-state index < -0.39 is 0 Å². The van der Waals surface area contributed by atoms with Gasteiger partial charge in [-0.3, -0.25) is 9.59 Å². The number of benzene rings is 1. The Kier molecular flexibility index (Phi) is 5.63. The molecule has 2 heterocycles. The van der Waals surface area contributed by atoms with Gasteiger partial charge in [-0.1, -0.05) is 0 Å². The number of hydrogen-bond acceptors (Lipinski definition) is 3. The van der Waals surface area contributed by atoms with Crippen LogP contribution >= 0.6 is 0 Å². The molecule has 144 valence electrons. The third-order valence-electron chi connectivity index (χ3n) is 5.07. The second-order valence-electron chi connectivity index (χ2n) is 6.94. The molecule has 3 rings (SSSR count). The van der Waals surface area contributed by atoms with Crippen LogP contribution in [0.1, 0.15) is 41.5 Å². The summed E-state index contributed by atoms with van der Waals surface area (Å²) in [5, 5.41) is 0. The van der Waals surface area contributed by atoms with Crippen LogP contribution in [0.3, 0.4) is 0 Å². The topological polar surface area (TPSA) is 51.5 Å². The number of amides is 1. The van der Waals surface area contributed by atoms with E-state index in [1.165, 1.54) is 12.1 Å². The number of esters is 1. The van der Waals surface area contributed by atoms with E-state index in [1.54, 1.807) is 24.0 Å². The molecule has 0 radical (unpaired) electrons. The van der Waals surface area contributed by atoms with Crippen LogP contribution in [-0.2, 0) is 9.53 Å². The number of ether oxygens (including phenoxy) is 1. The van der Waals surface area contributed by atoms with Gasteiger partial charge in [-0.15, -0.1) is 0 Å². The van der Waals surface area contributed by atoms with Gasteiger partial charge >= 0.3 is 5.97 Å². The van der Waals surface area contributed by atoms with Crippen LogP contribution < -0.4 is 0 Å². The summed E-state index contributed by atoms with van der Waals surface area (Å²) in [7, 11) is 0. The number of nitrogens with zero attached hydrogens (tertiary/aromatic N) is 2. The fraction of sp³-hybridized carbons (Fsp3) is 0.429. The van der Waals surface area contributed by atoms with E-state index in [-0.39, 0.29) is 23.6 Å². The van der Waals surface area contributed by atoms with Gasteiger partial charge in [-0.05, 0) is 63.9 Å². The maximum atomic E-state index is 13.2. The van der Waals surface area contributed by atoms with E-state index in [2.05, 4.69) is 0 Å². The first-order chi connectivity index (χ1) is 12.9. The minimum Gasteiger partial charge on any atom is -0.466 e. The maximum Gasteiger partial charge on any atom is 0.310 e. The molecule has 1 fully saturated rings. The summed E-state index contributed by atoms with van der Waals surface area (Å²) in [6, 6.07) is 8.06. The van der Waals surface area contributed by atoms with Crippen molar-refractivity contribution in [1.82, 2.24) is 9.47 Å². The van der Waals surface area contributed by atoms with Crippen molar-refractivity contribution in [2.24, 2.45) is 5.92 Å². The van der Waals surface area contributed by atoms with E-state index in [0.717, 1.165) is 29.9 Å². The summed E-state index contributed by atoms with van der Waals surface area (Å²) in [6.07, 6.45) is 1.53. The van der Waals surface area contributed by atoms with Crippen molar-refractivity contribution in [2.75, 3.05) is 19.7 Å². The Hall–Kier alpha value is -2.63. The van der Waals surface area contributed by atoms with Crippen LogP contribution in [0.2, 0.25) is 0 Å². The number of piperidine rings is 1. The first kappa shape index (κ1) is 19.1. The van der Waals surface area contributed by atoms with Gasteiger partial charge < -0.3 is 14.2 Å². The number of likely N-dealkylation sites (tertiary alicyclic amines) is 1. The van der Waals surface area contributed by atoms with Crippen molar-refractivity contribution in [2.45, 2.75) is 33.6 Å². The number of halogens is 1. The predicted octanol–water partition coefficient (Wildman–Crippen LogP) is 3.65. The Bertz CT molecular complexity index is 842. The summed E-state index contributed by atoms with van der Waals surface area (Å²) in [5.41, 5.74) is 3.14. The molecule has 0 bridgehead atoms. The third kappa shape index (κ3) is 3.89. The first-order valence-electron chi connectivity index (χ1n) is 9.33. The molecule has 1 aliphatic heterocycles. The normalized spacial score (nSPS) is 17.0. The van der Waals surface area contributed by atoms with Gasteiger partial charge in [0, 0.05) is 30.2 Å². The van der Waals surface area contributed by atoms with Crippen molar-refractivity contribution in [3.05, 3.63) is 53.1 Å². The van der Waals surface area contributed by atoms with Crippen LogP contribution in [-0.4, -0.2) is 41.0 Å². The second kappa shape index (κ2) is 7.94. The molecule has 0 unspecified atom stereocenters. The zero-order valence-electron chi connectivity index (χ0n) is 16.0. The molecular formula is C21H25FN2O3. The molecule has 1 amide bonds. The van der Waals surface area contributed by atoms with Crippen molar-refractivity contribution in [3.8, 4) is 5.69 Å². The zero-order valence-corrected chi connectivity index (χ0v) is 16.0. The van der Waals surface area contributed by atoms with Gasteiger partial charge in [0.25, 0.3) is 5.91 Å². The molecule has 1 aliphatic rings. The summed E-state index contributed by atoms with van der Waals surface area (Å²) in [6.45, 7) is 6.96. The average Bonchev–Trinajstić information content (AvgIpc) is 2.96. The second-order valence-corrected chi connectivity index (χ2v) is 6.94. The highest BCUT2D eigenvalue weighted by Crippen LogP contribution is 2.25. The summed E-state index contributed by atoms with van der Waals surface area (Å²) < 4.78 is 20.3. The first-order valence-corrected chi connectivity index (χ1v) is 9.33. The van der Waals surface area contributed by atoms with Crippen LogP contribution in [0, 0.1) is 25.6 Å². The zero-order chi connectivity index (χ0) is 19.6. The molecule has 1 aromatic carbocycles. The van der Waals surface area contributed by atoms with Crippen LogP contribution in [0.5, 0.6) is 0 Å². The lowest BCUT2D eigenvalue weighted by atomic mass is 9.97. The lowest BCUT2D eigenvalue weighted by Gasteiger charge is -2.31. The van der Waals surface area contributed by atoms with E-state index in [4.69, 9.17) is 4.74 Å². The van der Waals surface area contributed by atoms with Gasteiger partial charge in [0.2, 0.25) is 0 Å². The highest BCUT2D eigenvalue weighted by Gasteiger charge is 2.31. The number of carbonyl (C=O) groups excluding carboxylic acids is 2. The Morgan fingerprint density at radius 1 is 1.22 bits per heavy atom. The Morgan fingerprint density at radius 2 is 1.93 bits per heavy atom. The predicted molar refractivity (Wildman–Crippen MR) is 100 cm³/mol. The van der Waals surface area contributed by atoms with Crippen molar-refractivity contribution in [1.29, 1.82) is 0 Å². The molecule has 6 heteroatoms. The monoisotopic (exact) mass is 372 g/mol. The van der Waals surface area contributed by atoms with E-state index in [9.17, 15) is 14.0 Å². The summed E-state index contributed by atoms with van der Waals surface area (Å²) >= 11 is 0. The van der Waals surface area contributed by atoms with E-state index >= 15 is 0 Å². The van der Waals surface area contributed by atoms with Crippen LogP contribution in [0.25, 0.3) is 5.69 Å². The van der Waals surface area contributed by atoms with Crippen molar-refractivity contribution in [3.63, 3.8) is 0 Å². The minimum absolute atomic E-state index is 0.0783. The summed E-state index contributed by atoms with van der Waals surface area (Å²) in [5.74, 6) is -0.865. The number of aromatic nitrogens is 1. The Morgan fingerprint density at radius 3 is 2.59 bits per heavy atom. The fourth-order valence-corrected chi connectivity index (χ4v) is 3.75. The maximum absolute atomic E-state index is 13.2. The number of carbonyl (C=O) groups is 2. The van der Waals surface area contributed by atoms with Gasteiger partial charge in [0.15, 0.2) is 0 Å². The van der Waals surface area contributed by atoms with Crippen molar-refractivity contribution >= 4 is 11.9 Å². The van der Waals surface area contributed by atoms with Gasteiger partial charge in [-0.2, -0.15) is 0 Å². The third-order valence-corrected chi connectivity index (χ3v) is 5.07. The lowest BCUT2D eigenvalue weighted by molar-refractivity contribution is -0.149. The molecule has 27 heavy (non-hydrogen) atoms. The smallest absolute Gasteiger partial charge is 0.310 e. The number of hydrogen-bond donors (Lipinski definition) is 0. The van der Waals surface area contributed by atoms with E-state index in [1.807, 2.05) is 24.5 Å². The fourth-order valence-electron chi connectivity index (χ4n) is 3.75. The molecule has 0 spiro atoms. The molecule has 0 aliphatic carbocycles. The van der Waals surface area contributed by atoms with E-state index in [0.29, 0.717) is 25.3 Å². The van der Waals surface area contributed by atoms with Gasteiger partial charge in [0.1, 0.15) is 5.82 Å². The lowest BCUT2D eigenvalue weighted by Crippen LogP contribution is -2.43. The highest BCUT2D eigenvalue weighted by atomic mass is 19.1. The molecule has 5 nitrogen and oxygen atoms in total. The average molecular weight is 372 g/mol. The molecule has 0 N–H and O–H groups in total. The van der Waals surface area contributed by atoms with Crippen molar-refractivity contribution < 1.29 is 18.7 Å². The molecule has 2 aromatic rings. The molecular weight excluding hydrogens is 347 g/mol. The molecule has 1 saturated heterocycles. The number of rotatable bonds is 4. The highest BCUT2D eigenvalue weighted by molar-refractivity contribution is 5.96. The molecule has 0 saturated carbocycles. The van der Waals surface area contributed by atoms with Crippen LogP contribution in [0.4, 0.5) is 4.39 Å². The van der Waals surface area contributed by atoms with Crippen LogP contribution in [0.15, 0.2) is 30.3 Å². The number of aryl methyl sites for hydroxylation is 1. The Balaban J connectivity index is 1.84. The Labute approximate surface area is 158 Å². The standard InChI is InChI=1S/C21H25FN2O3/c1-4-27-21(26)16-6-5-11-23(13-16)20(25)19-12-14(2)24(15(19)3)18-9-7-17(22)8-10-18/h7-10,12,16H,4-6,11,13H2,1-3H3/t16-/m1/s1. The van der Waals surface area contributed by atoms with Gasteiger partial charge in [-0.25, -0.2) is 4.39 Å². The summed E-state index contributed by atoms with van der Waals surface area (Å²) in [4.78, 5) is 26.9. The molecule has 1 atom stereocenters. The van der Waals surface area contributed by atoms with Gasteiger partial charge in [0.05, 0.1) is 18.1 Å². The largest absolute Gasteiger partial charge is 0.466 e. The minimum atomic E-state index is -0.296.